The minimum atomic E-state index is 0.909. The van der Waals surface area contributed by atoms with Crippen LogP contribution in [-0.2, 0) is 23.5 Å². The molecule has 1 aromatic heterocycles. The van der Waals surface area contributed by atoms with Gasteiger partial charge in [0, 0.05) is 35.1 Å². The van der Waals surface area contributed by atoms with Gasteiger partial charge in [-0.25, -0.2) is 0 Å². The van der Waals surface area contributed by atoms with Crippen LogP contribution in [0.4, 0.5) is 0 Å². The fourth-order valence-electron chi connectivity index (χ4n) is 2.76. The van der Waals surface area contributed by atoms with Crippen LogP contribution in [-0.4, -0.2) is 50.0 Å². The summed E-state index contributed by atoms with van der Waals surface area (Å²) in [5.41, 5.74) is 1.59. The SMILES string of the molecule is c1c(CNCCCN2CCOCC2)sc2c1CSCC2. The zero-order chi connectivity index (χ0) is 13.6. The molecule has 2 aliphatic rings. The number of ether oxygens (including phenoxy) is 1. The summed E-state index contributed by atoms with van der Waals surface area (Å²) in [5, 5.41) is 3.60. The molecule has 0 unspecified atom stereocenters. The van der Waals surface area contributed by atoms with Gasteiger partial charge in [0.25, 0.3) is 0 Å². The first-order valence-electron chi connectivity index (χ1n) is 7.61. The monoisotopic (exact) mass is 312 g/mol. The lowest BCUT2D eigenvalue weighted by molar-refractivity contribution is 0.0374. The molecule has 0 amide bonds. The summed E-state index contributed by atoms with van der Waals surface area (Å²) in [6, 6.07) is 2.42. The Morgan fingerprint density at radius 3 is 3.05 bits per heavy atom. The Morgan fingerprint density at radius 2 is 2.20 bits per heavy atom. The number of aryl methyl sites for hydroxylation is 1. The summed E-state index contributed by atoms with van der Waals surface area (Å²) >= 11 is 4.09. The number of nitrogens with zero attached hydrogens (tertiary/aromatic N) is 1. The molecule has 0 atom stereocenters. The Morgan fingerprint density at radius 1 is 1.30 bits per heavy atom. The van der Waals surface area contributed by atoms with Crippen LogP contribution in [0, 0.1) is 0 Å². The molecular weight excluding hydrogens is 288 g/mol. The van der Waals surface area contributed by atoms with Crippen molar-refractivity contribution in [3.8, 4) is 0 Å². The largest absolute Gasteiger partial charge is 0.379 e. The summed E-state index contributed by atoms with van der Waals surface area (Å²) in [6.07, 6.45) is 2.52. The molecule has 0 spiro atoms. The van der Waals surface area contributed by atoms with E-state index in [1.807, 2.05) is 11.3 Å². The van der Waals surface area contributed by atoms with Crippen LogP contribution in [0.3, 0.4) is 0 Å². The van der Waals surface area contributed by atoms with Gasteiger partial charge >= 0.3 is 0 Å². The van der Waals surface area contributed by atoms with E-state index >= 15 is 0 Å². The van der Waals surface area contributed by atoms with E-state index in [9.17, 15) is 0 Å². The van der Waals surface area contributed by atoms with Crippen molar-refractivity contribution in [3.05, 3.63) is 21.4 Å². The van der Waals surface area contributed by atoms with E-state index in [0.29, 0.717) is 0 Å². The van der Waals surface area contributed by atoms with Crippen molar-refractivity contribution < 1.29 is 4.74 Å². The lowest BCUT2D eigenvalue weighted by atomic mass is 10.2. The van der Waals surface area contributed by atoms with Gasteiger partial charge in [-0.3, -0.25) is 4.90 Å². The van der Waals surface area contributed by atoms with Crippen molar-refractivity contribution in [3.63, 3.8) is 0 Å². The molecule has 1 aromatic rings. The van der Waals surface area contributed by atoms with Crippen molar-refractivity contribution in [1.29, 1.82) is 0 Å². The molecule has 3 heterocycles. The van der Waals surface area contributed by atoms with Gasteiger partial charge in [-0.1, -0.05) is 0 Å². The van der Waals surface area contributed by atoms with E-state index in [0.717, 1.165) is 39.4 Å². The molecule has 0 radical (unpaired) electrons. The summed E-state index contributed by atoms with van der Waals surface area (Å²) in [4.78, 5) is 5.66. The van der Waals surface area contributed by atoms with Gasteiger partial charge in [-0.05, 0) is 43.3 Å². The molecule has 5 heteroatoms. The van der Waals surface area contributed by atoms with Crippen LogP contribution < -0.4 is 5.32 Å². The predicted octanol–water partition coefficient (Wildman–Crippen LogP) is 2.35. The number of hydrogen-bond acceptors (Lipinski definition) is 5. The Labute approximate surface area is 130 Å². The highest BCUT2D eigenvalue weighted by Crippen LogP contribution is 2.31. The summed E-state index contributed by atoms with van der Waals surface area (Å²) in [7, 11) is 0. The number of rotatable bonds is 6. The number of thioether (sulfide) groups is 1. The minimum absolute atomic E-state index is 0.909. The summed E-state index contributed by atoms with van der Waals surface area (Å²) in [6.45, 7) is 7.40. The lowest BCUT2D eigenvalue weighted by Crippen LogP contribution is -2.37. The van der Waals surface area contributed by atoms with Crippen LogP contribution in [0.1, 0.15) is 21.7 Å². The van der Waals surface area contributed by atoms with Crippen molar-refractivity contribution in [2.24, 2.45) is 0 Å². The molecule has 0 bridgehead atoms. The van der Waals surface area contributed by atoms with Crippen LogP contribution in [0.15, 0.2) is 6.07 Å². The molecule has 112 valence electrons. The number of nitrogens with one attached hydrogen (secondary N) is 1. The zero-order valence-corrected chi connectivity index (χ0v) is 13.7. The van der Waals surface area contributed by atoms with Crippen molar-refractivity contribution in [2.45, 2.75) is 25.1 Å². The molecule has 0 saturated carbocycles. The summed E-state index contributed by atoms with van der Waals surface area (Å²) < 4.78 is 5.37. The van der Waals surface area contributed by atoms with Crippen LogP contribution in [0.25, 0.3) is 0 Å². The third-order valence-electron chi connectivity index (χ3n) is 3.91. The molecule has 1 saturated heterocycles. The Balaban J connectivity index is 1.32. The van der Waals surface area contributed by atoms with E-state index in [1.165, 1.54) is 35.8 Å². The smallest absolute Gasteiger partial charge is 0.0594 e. The maximum absolute atomic E-state index is 5.37. The van der Waals surface area contributed by atoms with Gasteiger partial charge < -0.3 is 10.1 Å². The van der Waals surface area contributed by atoms with Gasteiger partial charge in [-0.2, -0.15) is 11.8 Å². The fourth-order valence-corrected chi connectivity index (χ4v) is 5.11. The third kappa shape index (κ3) is 4.21. The molecule has 3 nitrogen and oxygen atoms in total. The van der Waals surface area contributed by atoms with Crippen LogP contribution in [0.2, 0.25) is 0 Å². The first kappa shape index (κ1) is 14.9. The van der Waals surface area contributed by atoms with Crippen molar-refractivity contribution in [1.82, 2.24) is 10.2 Å². The van der Waals surface area contributed by atoms with E-state index in [-0.39, 0.29) is 0 Å². The Kier molecular flexibility index (Phi) is 5.79. The first-order valence-corrected chi connectivity index (χ1v) is 9.58. The second kappa shape index (κ2) is 7.80. The van der Waals surface area contributed by atoms with Crippen LogP contribution in [0.5, 0.6) is 0 Å². The van der Waals surface area contributed by atoms with Crippen LogP contribution >= 0.6 is 23.1 Å². The Hall–Kier alpha value is -0.0700. The third-order valence-corrected chi connectivity index (χ3v) is 6.15. The number of morpholine rings is 1. The fraction of sp³-hybridized carbons (Fsp3) is 0.733. The molecule has 3 rings (SSSR count). The van der Waals surface area contributed by atoms with Gasteiger partial charge in [-0.15, -0.1) is 11.3 Å². The highest BCUT2D eigenvalue weighted by atomic mass is 32.2. The normalized spacial score (nSPS) is 20.0. The number of fused-ring (bicyclic) bond motifs is 1. The molecule has 1 N–H and O–H groups in total. The average molecular weight is 313 g/mol. The zero-order valence-electron chi connectivity index (χ0n) is 12.0. The molecule has 0 aromatic carbocycles. The van der Waals surface area contributed by atoms with Gasteiger partial charge in [0.2, 0.25) is 0 Å². The maximum atomic E-state index is 5.37. The van der Waals surface area contributed by atoms with Crippen molar-refractivity contribution in [2.75, 3.05) is 45.1 Å². The summed E-state index contributed by atoms with van der Waals surface area (Å²) in [5.74, 6) is 2.53. The van der Waals surface area contributed by atoms with Gasteiger partial charge in [0.15, 0.2) is 0 Å². The standard InChI is InChI=1S/C15H24N2OS2/c1(4-17-5-7-18-8-6-17)3-16-11-14-10-13-12-19-9-2-15(13)20-14/h10,16H,1-9,11-12H2. The Bertz CT molecular complexity index is 393. The molecule has 1 fully saturated rings. The number of thiophene rings is 1. The second-order valence-electron chi connectivity index (χ2n) is 5.45. The van der Waals surface area contributed by atoms with Crippen molar-refractivity contribution >= 4 is 23.1 Å². The van der Waals surface area contributed by atoms with E-state index in [2.05, 4.69) is 28.0 Å². The highest BCUT2D eigenvalue weighted by Gasteiger charge is 2.13. The highest BCUT2D eigenvalue weighted by molar-refractivity contribution is 7.98. The molecular formula is C15H24N2OS2. The second-order valence-corrected chi connectivity index (χ2v) is 7.77. The topological polar surface area (TPSA) is 24.5 Å². The van der Waals surface area contributed by atoms with E-state index in [4.69, 9.17) is 4.74 Å². The molecule has 20 heavy (non-hydrogen) atoms. The first-order chi connectivity index (χ1) is 9.92. The lowest BCUT2D eigenvalue weighted by Gasteiger charge is -2.26. The predicted molar refractivity (Wildman–Crippen MR) is 87.8 cm³/mol. The molecule has 2 aliphatic heterocycles. The molecule has 0 aliphatic carbocycles. The van der Waals surface area contributed by atoms with Gasteiger partial charge in [0.05, 0.1) is 13.2 Å². The number of hydrogen-bond donors (Lipinski definition) is 1. The quantitative estimate of drug-likeness (QED) is 0.815. The van der Waals surface area contributed by atoms with E-state index < -0.39 is 0 Å². The van der Waals surface area contributed by atoms with E-state index in [1.54, 1.807) is 10.4 Å². The minimum Gasteiger partial charge on any atom is -0.379 e. The average Bonchev–Trinajstić information content (AvgIpc) is 2.90. The van der Waals surface area contributed by atoms with Gasteiger partial charge in [0.1, 0.15) is 0 Å². The maximum Gasteiger partial charge on any atom is 0.0594 e.